The van der Waals surface area contributed by atoms with E-state index in [1.807, 2.05) is 24.8 Å². The molecule has 23 heavy (non-hydrogen) atoms. The van der Waals surface area contributed by atoms with Crippen LogP contribution in [0.3, 0.4) is 0 Å². The zero-order chi connectivity index (χ0) is 16.6. The molecule has 1 N–H and O–H groups in total. The van der Waals surface area contributed by atoms with Gasteiger partial charge < -0.3 is 14.9 Å². The summed E-state index contributed by atoms with van der Waals surface area (Å²) >= 11 is 1.65. The van der Waals surface area contributed by atoms with Gasteiger partial charge >= 0.3 is 0 Å². The zero-order valence-electron chi connectivity index (χ0n) is 13.9. The highest BCUT2D eigenvalue weighted by Crippen LogP contribution is 2.37. The standard InChI is InChI=1S/C17H26N2O3S/c1-3-4-11(2)16(21)18-10-23-9-15(18)17(22)19-12-5-6-13(19)8-14(20)7-12/h4,12-15,20H,3,5-10H2,1-2H3/b11-4-. The summed E-state index contributed by atoms with van der Waals surface area (Å²) in [6.07, 6.45) is 5.81. The van der Waals surface area contributed by atoms with Crippen LogP contribution in [0.4, 0.5) is 0 Å². The number of fused-ring (bicyclic) bond motifs is 2. The molecule has 3 heterocycles. The monoisotopic (exact) mass is 338 g/mol. The van der Waals surface area contributed by atoms with Crippen molar-refractivity contribution in [3.05, 3.63) is 11.6 Å². The number of nitrogens with zero attached hydrogens (tertiary/aromatic N) is 2. The maximum Gasteiger partial charge on any atom is 0.250 e. The van der Waals surface area contributed by atoms with Crippen LogP contribution in [0.2, 0.25) is 0 Å². The Morgan fingerprint density at radius 3 is 2.52 bits per heavy atom. The molecule has 0 spiro atoms. The molecule has 5 nitrogen and oxygen atoms in total. The average molecular weight is 338 g/mol. The van der Waals surface area contributed by atoms with Gasteiger partial charge in [0.2, 0.25) is 5.91 Å². The fourth-order valence-corrected chi connectivity index (χ4v) is 5.29. The number of aliphatic hydroxyl groups is 1. The molecule has 0 saturated carbocycles. The lowest BCUT2D eigenvalue weighted by Gasteiger charge is -2.39. The van der Waals surface area contributed by atoms with E-state index in [0.29, 0.717) is 24.5 Å². The van der Waals surface area contributed by atoms with Crippen molar-refractivity contribution < 1.29 is 14.7 Å². The van der Waals surface area contributed by atoms with Gasteiger partial charge in [-0.3, -0.25) is 9.59 Å². The van der Waals surface area contributed by atoms with Crippen molar-refractivity contribution in [3.63, 3.8) is 0 Å². The molecule has 3 saturated heterocycles. The summed E-state index contributed by atoms with van der Waals surface area (Å²) in [6, 6.07) is -0.0248. The smallest absolute Gasteiger partial charge is 0.250 e. The van der Waals surface area contributed by atoms with Crippen LogP contribution < -0.4 is 0 Å². The van der Waals surface area contributed by atoms with Crippen molar-refractivity contribution in [2.75, 3.05) is 11.6 Å². The Bertz CT molecular complexity index is 508. The molecule has 128 valence electrons. The van der Waals surface area contributed by atoms with Gasteiger partial charge in [0.25, 0.3) is 5.91 Å². The lowest BCUT2D eigenvalue weighted by molar-refractivity contribution is -0.146. The molecule has 3 fully saturated rings. The van der Waals surface area contributed by atoms with E-state index >= 15 is 0 Å². The second-order valence-electron chi connectivity index (χ2n) is 6.84. The largest absolute Gasteiger partial charge is 0.393 e. The Balaban J connectivity index is 1.74. The topological polar surface area (TPSA) is 60.9 Å². The molecule has 6 heteroatoms. The summed E-state index contributed by atoms with van der Waals surface area (Å²) in [5.41, 5.74) is 0.727. The minimum absolute atomic E-state index is 0.0143. The number of allylic oxidation sites excluding steroid dienone is 1. The predicted octanol–water partition coefficient (Wildman–Crippen LogP) is 1.76. The first kappa shape index (κ1) is 16.8. The molecule has 3 aliphatic rings. The van der Waals surface area contributed by atoms with Gasteiger partial charge in [-0.1, -0.05) is 13.0 Å². The highest BCUT2D eigenvalue weighted by atomic mass is 32.2. The van der Waals surface area contributed by atoms with E-state index in [-0.39, 0.29) is 36.0 Å². The number of piperidine rings is 1. The van der Waals surface area contributed by atoms with Crippen LogP contribution in [-0.2, 0) is 9.59 Å². The molecule has 3 rings (SSSR count). The van der Waals surface area contributed by atoms with Crippen molar-refractivity contribution in [1.82, 2.24) is 9.80 Å². The van der Waals surface area contributed by atoms with Gasteiger partial charge in [-0.2, -0.15) is 0 Å². The Hall–Kier alpha value is -1.01. The highest BCUT2D eigenvalue weighted by molar-refractivity contribution is 7.99. The quantitative estimate of drug-likeness (QED) is 0.797. The van der Waals surface area contributed by atoms with Crippen molar-refractivity contribution in [2.45, 2.75) is 70.2 Å². The summed E-state index contributed by atoms with van der Waals surface area (Å²) in [6.45, 7) is 3.84. The van der Waals surface area contributed by atoms with E-state index in [1.54, 1.807) is 16.7 Å². The number of hydrogen-bond donors (Lipinski definition) is 1. The summed E-state index contributed by atoms with van der Waals surface area (Å²) in [5.74, 6) is 1.35. The van der Waals surface area contributed by atoms with Crippen LogP contribution in [-0.4, -0.2) is 62.6 Å². The van der Waals surface area contributed by atoms with Crippen molar-refractivity contribution in [1.29, 1.82) is 0 Å². The highest BCUT2D eigenvalue weighted by Gasteiger charge is 2.47. The number of carbonyl (C=O) groups excluding carboxylic acids is 2. The van der Waals surface area contributed by atoms with E-state index in [9.17, 15) is 14.7 Å². The van der Waals surface area contributed by atoms with Crippen LogP contribution in [0.25, 0.3) is 0 Å². The minimum atomic E-state index is -0.342. The number of aliphatic hydroxyl groups excluding tert-OH is 1. The van der Waals surface area contributed by atoms with Gasteiger partial charge in [0.05, 0.1) is 12.0 Å². The number of hydrogen-bond acceptors (Lipinski definition) is 4. The SMILES string of the molecule is CC/C=C(/C)C(=O)N1CSCC1C(=O)N1C2CCC1CC(O)C2. The molecule has 0 radical (unpaired) electrons. The third kappa shape index (κ3) is 3.15. The molecule has 3 aliphatic heterocycles. The molecule has 0 aliphatic carbocycles. The first-order chi connectivity index (χ1) is 11.0. The Kier molecular flexibility index (Phi) is 5.01. The molecule has 3 atom stereocenters. The van der Waals surface area contributed by atoms with Crippen molar-refractivity contribution in [2.24, 2.45) is 0 Å². The average Bonchev–Trinajstić information content (AvgIpc) is 3.10. The molecule has 0 aromatic carbocycles. The van der Waals surface area contributed by atoms with Crippen LogP contribution in [0.1, 0.15) is 46.0 Å². The van der Waals surface area contributed by atoms with Gasteiger partial charge in [0.15, 0.2) is 0 Å². The van der Waals surface area contributed by atoms with Gasteiger partial charge in [-0.15, -0.1) is 11.8 Å². The van der Waals surface area contributed by atoms with Gasteiger partial charge in [0, 0.05) is 23.4 Å². The zero-order valence-corrected chi connectivity index (χ0v) is 14.7. The maximum atomic E-state index is 13.1. The third-order valence-electron chi connectivity index (χ3n) is 5.24. The molecular formula is C17H26N2O3S. The molecule has 0 aromatic heterocycles. The number of rotatable bonds is 3. The van der Waals surface area contributed by atoms with E-state index in [2.05, 4.69) is 0 Å². The third-order valence-corrected chi connectivity index (χ3v) is 6.25. The van der Waals surface area contributed by atoms with Crippen LogP contribution in [0.5, 0.6) is 0 Å². The van der Waals surface area contributed by atoms with Crippen molar-refractivity contribution in [3.8, 4) is 0 Å². The molecule has 3 unspecified atom stereocenters. The predicted molar refractivity (Wildman–Crippen MR) is 90.9 cm³/mol. The maximum absolute atomic E-state index is 13.1. The van der Waals surface area contributed by atoms with E-state index in [4.69, 9.17) is 0 Å². The first-order valence-corrected chi connectivity index (χ1v) is 9.74. The van der Waals surface area contributed by atoms with Crippen LogP contribution in [0, 0.1) is 0 Å². The lowest BCUT2D eigenvalue weighted by Crippen LogP contribution is -2.55. The summed E-state index contributed by atoms with van der Waals surface area (Å²) < 4.78 is 0. The molecular weight excluding hydrogens is 312 g/mol. The number of amides is 2. The normalized spacial score (nSPS) is 34.1. The number of thioether (sulfide) groups is 1. The summed E-state index contributed by atoms with van der Waals surface area (Å²) in [4.78, 5) is 29.4. The summed E-state index contributed by atoms with van der Waals surface area (Å²) in [7, 11) is 0. The van der Waals surface area contributed by atoms with E-state index < -0.39 is 0 Å². The fraction of sp³-hybridized carbons (Fsp3) is 0.765. The fourth-order valence-electron chi connectivity index (χ4n) is 4.15. The molecule has 0 aromatic rings. The van der Waals surface area contributed by atoms with E-state index in [0.717, 1.165) is 24.8 Å². The van der Waals surface area contributed by atoms with Crippen LogP contribution in [0.15, 0.2) is 11.6 Å². The summed E-state index contributed by atoms with van der Waals surface area (Å²) in [5, 5.41) is 9.91. The molecule has 2 bridgehead atoms. The van der Waals surface area contributed by atoms with Gasteiger partial charge in [0.1, 0.15) is 6.04 Å². The minimum Gasteiger partial charge on any atom is -0.393 e. The van der Waals surface area contributed by atoms with Gasteiger partial charge in [-0.25, -0.2) is 0 Å². The van der Waals surface area contributed by atoms with E-state index in [1.165, 1.54) is 0 Å². The van der Waals surface area contributed by atoms with Crippen molar-refractivity contribution >= 4 is 23.6 Å². The molecule has 2 amide bonds. The lowest BCUT2D eigenvalue weighted by atomic mass is 9.98. The number of carbonyl (C=O) groups is 2. The Labute approximate surface area is 142 Å². The Morgan fingerprint density at radius 1 is 1.26 bits per heavy atom. The van der Waals surface area contributed by atoms with Crippen LogP contribution >= 0.6 is 11.8 Å². The second-order valence-corrected chi connectivity index (χ2v) is 7.84. The Morgan fingerprint density at radius 2 is 1.91 bits per heavy atom. The van der Waals surface area contributed by atoms with Gasteiger partial charge in [-0.05, 0) is 39.0 Å². The first-order valence-electron chi connectivity index (χ1n) is 8.58. The second kappa shape index (κ2) is 6.85.